The number of anilines is 4. The fraction of sp³-hybridized carbons (Fsp3) is 0.400. The van der Waals surface area contributed by atoms with Crippen LogP contribution in [0.15, 0.2) is 42.9 Å². The standard InChI is InChI=1S/C25H28F2N8O2/c1-16-7-10-33(2)19-5-4-18(17-6-9-28-21(12-17)34-11-8-25(26,27)14-34)31-23(19)35(16)24(36)32-20-13-22(37-3)30-15-29-20/h4-6,9,12-13,15-16H,7-8,10-11,14H2,1-3H3,(H,29,30,32,36)/t16-/m1/s1. The van der Waals surface area contributed by atoms with Crippen molar-refractivity contribution in [2.24, 2.45) is 0 Å². The van der Waals surface area contributed by atoms with Gasteiger partial charge in [0, 0.05) is 50.4 Å². The van der Waals surface area contributed by atoms with Crippen LogP contribution >= 0.6 is 0 Å². The summed E-state index contributed by atoms with van der Waals surface area (Å²) in [5.41, 5.74) is 2.14. The van der Waals surface area contributed by atoms with Gasteiger partial charge in [0.1, 0.15) is 18.0 Å². The van der Waals surface area contributed by atoms with Crippen LogP contribution in [0.3, 0.4) is 0 Å². The molecule has 2 aliphatic rings. The van der Waals surface area contributed by atoms with Crippen molar-refractivity contribution < 1.29 is 18.3 Å². The van der Waals surface area contributed by atoms with Crippen molar-refractivity contribution in [2.75, 3.05) is 53.8 Å². The van der Waals surface area contributed by atoms with Crippen molar-refractivity contribution >= 4 is 29.2 Å². The molecule has 0 aromatic carbocycles. The summed E-state index contributed by atoms with van der Waals surface area (Å²) in [7, 11) is 3.45. The van der Waals surface area contributed by atoms with Crippen molar-refractivity contribution in [3.8, 4) is 17.1 Å². The van der Waals surface area contributed by atoms with E-state index >= 15 is 0 Å². The average molecular weight is 511 g/mol. The maximum Gasteiger partial charge on any atom is 0.328 e. The van der Waals surface area contributed by atoms with E-state index in [1.165, 1.54) is 19.5 Å². The summed E-state index contributed by atoms with van der Waals surface area (Å²) < 4.78 is 32.7. The highest BCUT2D eigenvalue weighted by molar-refractivity contribution is 6.03. The monoisotopic (exact) mass is 510 g/mol. The molecule has 0 aliphatic carbocycles. The number of alkyl halides is 2. The number of hydrogen-bond donors (Lipinski definition) is 1. The molecule has 1 fully saturated rings. The van der Waals surface area contributed by atoms with Gasteiger partial charge in [-0.15, -0.1) is 0 Å². The van der Waals surface area contributed by atoms with Gasteiger partial charge in [0.05, 0.1) is 25.0 Å². The lowest BCUT2D eigenvalue weighted by Gasteiger charge is -2.28. The predicted molar refractivity (Wildman–Crippen MR) is 137 cm³/mol. The number of urea groups is 1. The lowest BCUT2D eigenvalue weighted by atomic mass is 10.1. The molecular formula is C25H28F2N8O2. The van der Waals surface area contributed by atoms with E-state index in [2.05, 4.69) is 25.2 Å². The van der Waals surface area contributed by atoms with Crippen molar-refractivity contribution in [1.82, 2.24) is 19.9 Å². The molecular weight excluding hydrogens is 482 g/mol. The largest absolute Gasteiger partial charge is 0.481 e. The highest BCUT2D eigenvalue weighted by Gasteiger charge is 2.39. The Hall–Kier alpha value is -4.09. The molecule has 10 nitrogen and oxygen atoms in total. The molecule has 3 aromatic rings. The molecule has 1 saturated heterocycles. The number of hydrogen-bond acceptors (Lipinski definition) is 8. The van der Waals surface area contributed by atoms with Gasteiger partial charge in [0.15, 0.2) is 5.82 Å². The van der Waals surface area contributed by atoms with Gasteiger partial charge in [-0.25, -0.2) is 33.5 Å². The summed E-state index contributed by atoms with van der Waals surface area (Å²) in [4.78, 5) is 36.1. The Kier molecular flexibility index (Phi) is 6.48. The second-order valence-electron chi connectivity index (χ2n) is 9.27. The fourth-order valence-corrected chi connectivity index (χ4v) is 4.58. The number of halogens is 2. The van der Waals surface area contributed by atoms with Gasteiger partial charge in [0.25, 0.3) is 5.92 Å². The smallest absolute Gasteiger partial charge is 0.328 e. The average Bonchev–Trinajstić information content (AvgIpc) is 3.21. The molecule has 5 heterocycles. The highest BCUT2D eigenvalue weighted by atomic mass is 19.3. The predicted octanol–water partition coefficient (Wildman–Crippen LogP) is 4.05. The van der Waals surface area contributed by atoms with E-state index in [1.54, 1.807) is 28.1 Å². The van der Waals surface area contributed by atoms with Crippen molar-refractivity contribution in [3.63, 3.8) is 0 Å². The lowest BCUT2D eigenvalue weighted by molar-refractivity contribution is 0.0256. The van der Waals surface area contributed by atoms with Gasteiger partial charge in [-0.1, -0.05) is 0 Å². The van der Waals surface area contributed by atoms with Crippen LogP contribution in [-0.2, 0) is 0 Å². The zero-order valence-corrected chi connectivity index (χ0v) is 20.9. The van der Waals surface area contributed by atoms with E-state index in [1.807, 2.05) is 26.1 Å². The van der Waals surface area contributed by atoms with E-state index in [0.717, 1.165) is 24.2 Å². The van der Waals surface area contributed by atoms with Crippen LogP contribution in [0.5, 0.6) is 5.88 Å². The summed E-state index contributed by atoms with van der Waals surface area (Å²) in [6.45, 7) is 2.59. The number of fused-ring (bicyclic) bond motifs is 1. The molecule has 0 bridgehead atoms. The first-order valence-corrected chi connectivity index (χ1v) is 12.0. The Balaban J connectivity index is 1.49. The second-order valence-corrected chi connectivity index (χ2v) is 9.27. The van der Waals surface area contributed by atoms with Crippen LogP contribution in [0.1, 0.15) is 19.8 Å². The van der Waals surface area contributed by atoms with Gasteiger partial charge in [-0.05, 0) is 37.6 Å². The Bertz CT molecular complexity index is 1310. The van der Waals surface area contributed by atoms with Gasteiger partial charge < -0.3 is 14.5 Å². The lowest BCUT2D eigenvalue weighted by Crippen LogP contribution is -2.42. The molecule has 12 heteroatoms. The number of aromatic nitrogens is 4. The van der Waals surface area contributed by atoms with Crippen LogP contribution in [0, 0.1) is 0 Å². The van der Waals surface area contributed by atoms with E-state index in [0.29, 0.717) is 29.0 Å². The van der Waals surface area contributed by atoms with Crippen molar-refractivity contribution in [1.29, 1.82) is 0 Å². The van der Waals surface area contributed by atoms with E-state index < -0.39 is 5.92 Å². The SMILES string of the molecule is COc1cc(NC(=O)N2c3nc(-c4ccnc(N5CCC(F)(F)C5)c4)ccc3N(C)CC[C@H]2C)ncn1. The summed E-state index contributed by atoms with van der Waals surface area (Å²) in [5.74, 6) is -1.11. The number of pyridine rings is 2. The van der Waals surface area contributed by atoms with Gasteiger partial charge in [-0.3, -0.25) is 10.2 Å². The van der Waals surface area contributed by atoms with E-state index in [4.69, 9.17) is 9.72 Å². The molecule has 5 rings (SSSR count). The van der Waals surface area contributed by atoms with Crippen LogP contribution < -0.4 is 24.8 Å². The minimum atomic E-state index is -2.72. The van der Waals surface area contributed by atoms with Crippen molar-refractivity contribution in [3.05, 3.63) is 42.9 Å². The quantitative estimate of drug-likeness (QED) is 0.561. The van der Waals surface area contributed by atoms with Crippen molar-refractivity contribution in [2.45, 2.75) is 31.7 Å². The number of nitrogens with one attached hydrogen (secondary N) is 1. The first kappa shape index (κ1) is 24.6. The Labute approximate surface area is 213 Å². The van der Waals surface area contributed by atoms with Gasteiger partial charge in [-0.2, -0.15) is 0 Å². The number of nitrogens with zero attached hydrogens (tertiary/aromatic N) is 7. The maximum atomic E-state index is 13.8. The molecule has 1 N–H and O–H groups in total. The number of carbonyl (C=O) groups excluding carboxylic acids is 1. The number of carbonyl (C=O) groups is 1. The topological polar surface area (TPSA) is 99.6 Å². The second kappa shape index (κ2) is 9.75. The molecule has 2 amide bonds. The molecule has 0 spiro atoms. The molecule has 0 unspecified atom stereocenters. The third kappa shape index (κ3) is 5.09. The number of rotatable bonds is 4. The first-order valence-electron chi connectivity index (χ1n) is 12.0. The molecule has 1 atom stereocenters. The van der Waals surface area contributed by atoms with Crippen LogP contribution in [0.4, 0.5) is 36.7 Å². The molecule has 37 heavy (non-hydrogen) atoms. The summed E-state index contributed by atoms with van der Waals surface area (Å²) >= 11 is 0. The first-order chi connectivity index (χ1) is 17.7. The molecule has 0 radical (unpaired) electrons. The van der Waals surface area contributed by atoms with Crippen LogP contribution in [0.25, 0.3) is 11.3 Å². The van der Waals surface area contributed by atoms with Gasteiger partial charge >= 0.3 is 6.03 Å². The number of amides is 2. The summed E-state index contributed by atoms with van der Waals surface area (Å²) in [6, 6.07) is 8.34. The number of methoxy groups -OCH3 is 1. The molecule has 2 aliphatic heterocycles. The Morgan fingerprint density at radius 1 is 1.16 bits per heavy atom. The number of ether oxygens (including phenoxy) is 1. The Morgan fingerprint density at radius 3 is 2.76 bits per heavy atom. The van der Waals surface area contributed by atoms with Crippen LogP contribution in [-0.4, -0.2) is 71.7 Å². The minimum Gasteiger partial charge on any atom is -0.481 e. The minimum absolute atomic E-state index is 0.157. The zero-order valence-electron chi connectivity index (χ0n) is 20.9. The van der Waals surface area contributed by atoms with Crippen LogP contribution in [0.2, 0.25) is 0 Å². The third-order valence-electron chi connectivity index (χ3n) is 6.66. The molecule has 0 saturated carbocycles. The molecule has 194 valence electrons. The fourth-order valence-electron chi connectivity index (χ4n) is 4.58. The maximum absolute atomic E-state index is 13.8. The van der Waals surface area contributed by atoms with Gasteiger partial charge in [0.2, 0.25) is 5.88 Å². The summed E-state index contributed by atoms with van der Waals surface area (Å²) in [5, 5.41) is 2.82. The normalized spacial score (nSPS) is 18.8. The van der Waals surface area contributed by atoms with E-state index in [-0.39, 0.29) is 31.6 Å². The highest BCUT2D eigenvalue weighted by Crippen LogP contribution is 2.36. The third-order valence-corrected chi connectivity index (χ3v) is 6.66. The molecule has 3 aromatic heterocycles. The zero-order chi connectivity index (χ0) is 26.2. The van der Waals surface area contributed by atoms with E-state index in [9.17, 15) is 13.6 Å². The Morgan fingerprint density at radius 2 is 2.00 bits per heavy atom. The summed E-state index contributed by atoms with van der Waals surface area (Å²) in [6.07, 6.45) is 3.44.